The molecule has 1 aromatic carbocycles. The molecule has 0 fully saturated rings. The van der Waals surface area contributed by atoms with E-state index in [4.69, 9.17) is 4.11 Å². The Morgan fingerprint density at radius 1 is 1.21 bits per heavy atom. The van der Waals surface area contributed by atoms with Crippen LogP contribution in [0.1, 0.15) is 23.4 Å². The third kappa shape index (κ3) is 4.02. The number of rotatable bonds is 6. The van der Waals surface area contributed by atoms with Crippen LogP contribution in [0, 0.1) is 11.6 Å². The van der Waals surface area contributed by atoms with Gasteiger partial charge in [0.2, 0.25) is 0 Å². The highest BCUT2D eigenvalue weighted by Crippen LogP contribution is 2.32. The second-order valence-electron chi connectivity index (χ2n) is 5.82. The maximum Gasteiger partial charge on any atom is 0.273 e. The Morgan fingerprint density at radius 2 is 1.89 bits per heavy atom. The summed E-state index contributed by atoms with van der Waals surface area (Å²) in [6, 6.07) is 1.91. The molecule has 0 bridgehead atoms. The van der Waals surface area contributed by atoms with Crippen LogP contribution in [0.4, 0.5) is 14.5 Å². The fourth-order valence-electron chi connectivity index (χ4n) is 2.87. The first-order chi connectivity index (χ1) is 14.6. The predicted molar refractivity (Wildman–Crippen MR) is 98.7 cm³/mol. The van der Waals surface area contributed by atoms with Gasteiger partial charge in [-0.1, -0.05) is 11.3 Å². The van der Waals surface area contributed by atoms with E-state index in [1.807, 2.05) is 0 Å². The lowest BCUT2D eigenvalue weighted by molar-refractivity contribution is -0.127. The predicted octanol–water partition coefficient (Wildman–Crippen LogP) is 3.19. The van der Waals surface area contributed by atoms with Gasteiger partial charge >= 0.3 is 0 Å². The topological polar surface area (TPSA) is 89.5 Å². The van der Waals surface area contributed by atoms with Crippen molar-refractivity contribution in [1.82, 2.24) is 10.5 Å². The SMILES string of the molecule is [2H]C([2H])([2H])Oc1nc(-c2cc(F)c(NC(=O)C3=C(C(=O)NOC)CCC3)c(F)c2)cs1. The quantitative estimate of drug-likeness (QED) is 0.712. The van der Waals surface area contributed by atoms with Crippen LogP contribution >= 0.6 is 11.3 Å². The summed E-state index contributed by atoms with van der Waals surface area (Å²) in [7, 11) is -1.45. The smallest absolute Gasteiger partial charge is 0.273 e. The number of anilines is 1. The molecular formula is C18H17F2N3O4S. The van der Waals surface area contributed by atoms with Gasteiger partial charge in [-0.25, -0.2) is 19.2 Å². The number of hydrogen-bond acceptors (Lipinski definition) is 6. The molecule has 1 heterocycles. The number of thiazole rings is 1. The van der Waals surface area contributed by atoms with Crippen molar-refractivity contribution in [2.45, 2.75) is 19.3 Å². The van der Waals surface area contributed by atoms with Gasteiger partial charge in [0.25, 0.3) is 17.0 Å². The van der Waals surface area contributed by atoms with Crippen molar-refractivity contribution >= 4 is 28.8 Å². The zero-order valence-corrected chi connectivity index (χ0v) is 15.4. The van der Waals surface area contributed by atoms with E-state index in [1.165, 1.54) is 12.5 Å². The van der Waals surface area contributed by atoms with Crippen molar-refractivity contribution in [2.75, 3.05) is 19.5 Å². The standard InChI is InChI=1S/C18H17F2N3O4S/c1-26-18-21-14(8-28-18)9-6-12(19)15(13(20)7-9)22-16(24)10-4-3-5-11(10)17(25)23-27-2/h6-8H,3-5H2,1-2H3,(H,22,24)(H,23,25)/i1D3. The maximum absolute atomic E-state index is 14.6. The monoisotopic (exact) mass is 412 g/mol. The molecule has 1 aliphatic carbocycles. The molecule has 2 N–H and O–H groups in total. The number of hydrogen-bond donors (Lipinski definition) is 2. The van der Waals surface area contributed by atoms with Crippen LogP contribution < -0.4 is 15.5 Å². The summed E-state index contributed by atoms with van der Waals surface area (Å²) >= 11 is 0.859. The zero-order chi connectivity index (χ0) is 22.8. The normalized spacial score (nSPS) is 15.6. The van der Waals surface area contributed by atoms with Crippen LogP contribution in [0.15, 0.2) is 28.7 Å². The van der Waals surface area contributed by atoms with Crippen LogP contribution in [0.2, 0.25) is 0 Å². The first kappa shape index (κ1) is 16.1. The van der Waals surface area contributed by atoms with E-state index in [9.17, 15) is 18.4 Å². The molecule has 148 valence electrons. The molecule has 10 heteroatoms. The van der Waals surface area contributed by atoms with E-state index in [0.29, 0.717) is 12.8 Å². The number of benzene rings is 1. The van der Waals surface area contributed by atoms with E-state index in [2.05, 4.69) is 25.4 Å². The Balaban J connectivity index is 1.82. The first-order valence-electron chi connectivity index (χ1n) is 9.59. The molecule has 0 atom stereocenters. The Bertz CT molecular complexity index is 1030. The van der Waals surface area contributed by atoms with Crippen LogP contribution in [0.5, 0.6) is 5.19 Å². The fourth-order valence-corrected chi connectivity index (χ4v) is 3.47. The van der Waals surface area contributed by atoms with Gasteiger partial charge < -0.3 is 10.1 Å². The Labute approximate surface area is 167 Å². The van der Waals surface area contributed by atoms with E-state index in [0.717, 1.165) is 23.5 Å². The number of amides is 2. The van der Waals surface area contributed by atoms with Gasteiger partial charge in [0.05, 0.1) is 24.0 Å². The number of aromatic nitrogens is 1. The average Bonchev–Trinajstić information content (AvgIpc) is 3.33. The molecule has 2 amide bonds. The van der Waals surface area contributed by atoms with Gasteiger partial charge in [0.15, 0.2) is 0 Å². The van der Waals surface area contributed by atoms with Crippen molar-refractivity contribution in [2.24, 2.45) is 0 Å². The maximum atomic E-state index is 14.6. The highest BCUT2D eigenvalue weighted by molar-refractivity contribution is 7.11. The summed E-state index contributed by atoms with van der Waals surface area (Å²) in [6.07, 6.45) is 1.17. The summed E-state index contributed by atoms with van der Waals surface area (Å²) < 4.78 is 55.0. The molecule has 1 aliphatic rings. The Kier molecular flexibility index (Phi) is 4.87. The van der Waals surface area contributed by atoms with E-state index < -0.39 is 36.2 Å². The van der Waals surface area contributed by atoms with Crippen LogP contribution in [0.3, 0.4) is 0 Å². The molecule has 0 radical (unpaired) electrons. The lowest BCUT2D eigenvalue weighted by atomic mass is 10.1. The van der Waals surface area contributed by atoms with Crippen molar-refractivity contribution in [3.63, 3.8) is 0 Å². The van der Waals surface area contributed by atoms with Gasteiger partial charge in [-0.15, -0.1) is 0 Å². The molecule has 0 saturated heterocycles. The Hall–Kier alpha value is -2.85. The van der Waals surface area contributed by atoms with Crippen molar-refractivity contribution in [1.29, 1.82) is 0 Å². The highest BCUT2D eigenvalue weighted by atomic mass is 32.1. The minimum Gasteiger partial charge on any atom is -0.473 e. The fraction of sp³-hybridized carbons (Fsp3) is 0.278. The lowest BCUT2D eigenvalue weighted by Crippen LogP contribution is -2.26. The molecule has 0 unspecified atom stereocenters. The summed E-state index contributed by atoms with van der Waals surface area (Å²) in [5, 5.41) is 3.39. The molecule has 28 heavy (non-hydrogen) atoms. The molecule has 7 nitrogen and oxygen atoms in total. The number of carbonyl (C=O) groups excluding carboxylic acids is 2. The van der Waals surface area contributed by atoms with Crippen LogP contribution in [0.25, 0.3) is 11.3 Å². The van der Waals surface area contributed by atoms with Gasteiger partial charge in [0.1, 0.15) is 17.3 Å². The number of nitrogens with zero attached hydrogens (tertiary/aromatic N) is 1. The van der Waals surface area contributed by atoms with E-state index in [1.54, 1.807) is 0 Å². The summed E-state index contributed by atoms with van der Waals surface area (Å²) in [5.74, 6) is -3.49. The Morgan fingerprint density at radius 3 is 2.54 bits per heavy atom. The number of hydroxylamine groups is 1. The molecule has 0 spiro atoms. The summed E-state index contributed by atoms with van der Waals surface area (Å²) in [5.41, 5.74) is 1.92. The highest BCUT2D eigenvalue weighted by Gasteiger charge is 2.27. The number of ether oxygens (including phenoxy) is 1. The summed E-state index contributed by atoms with van der Waals surface area (Å²) in [4.78, 5) is 32.9. The molecule has 0 saturated carbocycles. The minimum absolute atomic E-state index is 0.0323. The third-order valence-electron chi connectivity index (χ3n) is 4.11. The lowest BCUT2D eigenvalue weighted by Gasteiger charge is -2.11. The second-order valence-corrected chi connectivity index (χ2v) is 6.64. The largest absolute Gasteiger partial charge is 0.473 e. The number of halogens is 2. The van der Waals surface area contributed by atoms with Gasteiger partial charge in [0, 0.05) is 22.1 Å². The van der Waals surface area contributed by atoms with E-state index >= 15 is 0 Å². The van der Waals surface area contributed by atoms with Crippen molar-refractivity contribution in [3.05, 3.63) is 40.3 Å². The summed E-state index contributed by atoms with van der Waals surface area (Å²) in [6.45, 7) is 0. The molecule has 1 aromatic heterocycles. The average molecular weight is 412 g/mol. The zero-order valence-electron chi connectivity index (χ0n) is 17.6. The number of methoxy groups -OCH3 is 1. The first-order valence-corrected chi connectivity index (χ1v) is 8.97. The van der Waals surface area contributed by atoms with E-state index in [-0.39, 0.29) is 34.0 Å². The van der Waals surface area contributed by atoms with Crippen molar-refractivity contribution < 1.29 is 32.1 Å². The van der Waals surface area contributed by atoms with Crippen molar-refractivity contribution in [3.8, 4) is 16.5 Å². The van der Waals surface area contributed by atoms with Crippen LogP contribution in [-0.4, -0.2) is 30.9 Å². The number of carbonyl (C=O) groups is 2. The molecule has 2 aromatic rings. The molecule has 0 aliphatic heterocycles. The minimum atomic E-state index is -2.70. The molecular weight excluding hydrogens is 392 g/mol. The van der Waals surface area contributed by atoms with Crippen LogP contribution in [-0.2, 0) is 14.4 Å². The van der Waals surface area contributed by atoms with Gasteiger partial charge in [-0.05, 0) is 31.4 Å². The van der Waals surface area contributed by atoms with Gasteiger partial charge in [-0.3, -0.25) is 14.4 Å². The second kappa shape index (κ2) is 8.44. The third-order valence-corrected chi connectivity index (χ3v) is 4.82. The number of nitrogens with one attached hydrogen (secondary N) is 2. The molecule has 3 rings (SSSR count). The van der Waals surface area contributed by atoms with Gasteiger partial charge in [-0.2, -0.15) is 0 Å².